The number of aliphatic hydroxyl groups is 1. The van der Waals surface area contributed by atoms with Gasteiger partial charge in [-0.15, -0.1) is 0 Å². The van der Waals surface area contributed by atoms with Crippen LogP contribution >= 0.6 is 0 Å². The fraction of sp³-hybridized carbons (Fsp3) is 0.562. The SMILES string of the molecule is CC1(C)O[C@H]2O[C@H](/C(CCc3ccccc3)=N/O)[C@H](O)[C@H]2O1. The molecular formula is C16H21NO5. The molecule has 2 N–H and O–H groups in total. The third-order valence-electron chi connectivity index (χ3n) is 3.99. The first kappa shape index (κ1) is 15.4. The molecule has 0 aromatic heterocycles. The first-order valence-corrected chi connectivity index (χ1v) is 7.44. The van der Waals surface area contributed by atoms with Gasteiger partial charge in [0.2, 0.25) is 0 Å². The van der Waals surface area contributed by atoms with Gasteiger partial charge in [0.1, 0.15) is 18.3 Å². The van der Waals surface area contributed by atoms with Gasteiger partial charge in [-0.1, -0.05) is 35.5 Å². The van der Waals surface area contributed by atoms with Gasteiger partial charge in [0, 0.05) is 0 Å². The van der Waals surface area contributed by atoms with E-state index in [-0.39, 0.29) is 0 Å². The second kappa shape index (κ2) is 5.96. The number of ether oxygens (including phenoxy) is 3. The zero-order valence-corrected chi connectivity index (χ0v) is 12.7. The third-order valence-corrected chi connectivity index (χ3v) is 3.99. The van der Waals surface area contributed by atoms with E-state index in [9.17, 15) is 10.3 Å². The van der Waals surface area contributed by atoms with Gasteiger partial charge in [0.15, 0.2) is 12.1 Å². The van der Waals surface area contributed by atoms with Gasteiger partial charge in [0.25, 0.3) is 0 Å². The molecule has 0 amide bonds. The van der Waals surface area contributed by atoms with Crippen LogP contribution in [0, 0.1) is 0 Å². The van der Waals surface area contributed by atoms with E-state index in [1.807, 2.05) is 30.3 Å². The minimum Gasteiger partial charge on any atom is -0.411 e. The lowest BCUT2D eigenvalue weighted by Crippen LogP contribution is -2.38. The molecule has 2 fully saturated rings. The Morgan fingerprint density at radius 1 is 1.23 bits per heavy atom. The molecule has 22 heavy (non-hydrogen) atoms. The molecule has 6 heteroatoms. The van der Waals surface area contributed by atoms with Crippen molar-refractivity contribution in [3.63, 3.8) is 0 Å². The molecule has 4 atom stereocenters. The second-order valence-corrected chi connectivity index (χ2v) is 6.09. The summed E-state index contributed by atoms with van der Waals surface area (Å²) in [6, 6.07) is 9.88. The number of oxime groups is 1. The molecule has 2 aliphatic heterocycles. The van der Waals surface area contributed by atoms with Gasteiger partial charge in [-0.2, -0.15) is 0 Å². The Labute approximate surface area is 129 Å². The van der Waals surface area contributed by atoms with Crippen molar-refractivity contribution in [3.05, 3.63) is 35.9 Å². The largest absolute Gasteiger partial charge is 0.411 e. The Balaban J connectivity index is 1.63. The highest BCUT2D eigenvalue weighted by atomic mass is 16.8. The summed E-state index contributed by atoms with van der Waals surface area (Å²) in [6.45, 7) is 3.54. The highest BCUT2D eigenvalue weighted by molar-refractivity contribution is 5.89. The molecule has 0 spiro atoms. The van der Waals surface area contributed by atoms with Crippen molar-refractivity contribution >= 4 is 5.71 Å². The second-order valence-electron chi connectivity index (χ2n) is 6.09. The van der Waals surface area contributed by atoms with Crippen molar-refractivity contribution in [1.29, 1.82) is 0 Å². The maximum Gasteiger partial charge on any atom is 0.190 e. The molecule has 0 saturated carbocycles. The van der Waals surface area contributed by atoms with Crippen LogP contribution in [-0.2, 0) is 20.6 Å². The minimum absolute atomic E-state index is 0.399. The molecule has 120 valence electrons. The quantitative estimate of drug-likeness (QED) is 0.502. The summed E-state index contributed by atoms with van der Waals surface area (Å²) < 4.78 is 16.9. The van der Waals surface area contributed by atoms with E-state index in [0.717, 1.165) is 5.56 Å². The molecule has 0 bridgehead atoms. The van der Waals surface area contributed by atoms with Crippen molar-refractivity contribution in [2.75, 3.05) is 0 Å². The highest BCUT2D eigenvalue weighted by Gasteiger charge is 2.55. The Bertz CT molecular complexity index is 545. The maximum atomic E-state index is 10.4. The number of aryl methyl sites for hydroxylation is 1. The van der Waals surface area contributed by atoms with Crippen molar-refractivity contribution < 1.29 is 24.5 Å². The van der Waals surface area contributed by atoms with Gasteiger partial charge in [-0.05, 0) is 32.3 Å². The number of rotatable bonds is 4. The summed E-state index contributed by atoms with van der Waals surface area (Å²) in [4.78, 5) is 0. The summed E-state index contributed by atoms with van der Waals surface area (Å²) >= 11 is 0. The van der Waals surface area contributed by atoms with E-state index >= 15 is 0 Å². The lowest BCUT2D eigenvalue weighted by molar-refractivity contribution is -0.207. The number of fused-ring (bicyclic) bond motifs is 1. The summed E-state index contributed by atoms with van der Waals surface area (Å²) in [6.07, 6.45) is -1.62. The van der Waals surface area contributed by atoms with E-state index in [0.29, 0.717) is 18.6 Å². The van der Waals surface area contributed by atoms with Crippen molar-refractivity contribution in [1.82, 2.24) is 0 Å². The molecule has 3 rings (SSSR count). The molecule has 1 aromatic carbocycles. The normalized spacial score (nSPS) is 33.9. The molecule has 6 nitrogen and oxygen atoms in total. The average Bonchev–Trinajstić information content (AvgIpc) is 2.95. The van der Waals surface area contributed by atoms with Crippen LogP contribution in [0.25, 0.3) is 0 Å². The van der Waals surface area contributed by atoms with Crippen molar-refractivity contribution in [2.45, 2.75) is 57.1 Å². The van der Waals surface area contributed by atoms with Crippen LogP contribution in [0.5, 0.6) is 0 Å². The zero-order chi connectivity index (χ0) is 15.7. The van der Waals surface area contributed by atoms with Gasteiger partial charge < -0.3 is 24.5 Å². The first-order chi connectivity index (χ1) is 10.5. The summed E-state index contributed by atoms with van der Waals surface area (Å²) in [5, 5.41) is 23.0. The fourth-order valence-corrected chi connectivity index (χ4v) is 2.93. The zero-order valence-electron chi connectivity index (χ0n) is 12.7. The lowest BCUT2D eigenvalue weighted by Gasteiger charge is -2.23. The molecular weight excluding hydrogens is 286 g/mol. The van der Waals surface area contributed by atoms with Gasteiger partial charge in [0.05, 0.1) is 5.71 Å². The standard InChI is InChI=1S/C16H21NO5/c1-16(2)21-14-12(18)13(20-15(14)22-16)11(17-19)9-8-10-6-4-3-5-7-10/h3-7,12-15,18-19H,8-9H2,1-2H3/b17-11+/t12-,13+,14+,15+/m0/s1. The van der Waals surface area contributed by atoms with Crippen molar-refractivity contribution in [2.24, 2.45) is 5.16 Å². The molecule has 2 aliphatic rings. The monoisotopic (exact) mass is 307 g/mol. The van der Waals surface area contributed by atoms with Crippen LogP contribution in [0.1, 0.15) is 25.8 Å². The topological polar surface area (TPSA) is 80.5 Å². The average molecular weight is 307 g/mol. The predicted octanol–water partition coefficient (Wildman–Crippen LogP) is 1.69. The Kier molecular flexibility index (Phi) is 4.18. The van der Waals surface area contributed by atoms with Crippen molar-refractivity contribution in [3.8, 4) is 0 Å². The Morgan fingerprint density at radius 2 is 1.95 bits per heavy atom. The third kappa shape index (κ3) is 3.01. The Hall–Kier alpha value is -1.47. The van der Waals surface area contributed by atoms with E-state index in [2.05, 4.69) is 5.16 Å². The van der Waals surface area contributed by atoms with Crippen LogP contribution in [0.3, 0.4) is 0 Å². The molecule has 0 unspecified atom stereocenters. The van der Waals surface area contributed by atoms with Gasteiger partial charge in [-0.25, -0.2) is 0 Å². The fourth-order valence-electron chi connectivity index (χ4n) is 2.93. The van der Waals surface area contributed by atoms with Crippen LogP contribution < -0.4 is 0 Å². The summed E-state index contributed by atoms with van der Waals surface area (Å²) in [5.74, 6) is -0.776. The number of aliphatic hydroxyl groups excluding tert-OH is 1. The summed E-state index contributed by atoms with van der Waals surface area (Å²) in [5.41, 5.74) is 1.53. The molecule has 0 radical (unpaired) electrons. The summed E-state index contributed by atoms with van der Waals surface area (Å²) in [7, 11) is 0. The van der Waals surface area contributed by atoms with Gasteiger partial charge >= 0.3 is 0 Å². The van der Waals surface area contributed by atoms with E-state index < -0.39 is 30.4 Å². The van der Waals surface area contributed by atoms with Gasteiger partial charge in [-0.3, -0.25) is 0 Å². The number of hydrogen-bond donors (Lipinski definition) is 2. The van der Waals surface area contributed by atoms with Crippen LogP contribution in [0.15, 0.2) is 35.5 Å². The molecule has 1 aromatic rings. The minimum atomic E-state index is -0.909. The predicted molar refractivity (Wildman–Crippen MR) is 78.7 cm³/mol. The Morgan fingerprint density at radius 3 is 2.59 bits per heavy atom. The maximum absolute atomic E-state index is 10.4. The molecule has 2 saturated heterocycles. The lowest BCUT2D eigenvalue weighted by atomic mass is 10.0. The number of hydrogen-bond acceptors (Lipinski definition) is 6. The number of nitrogens with zero attached hydrogens (tertiary/aromatic N) is 1. The smallest absolute Gasteiger partial charge is 0.190 e. The molecule has 2 heterocycles. The number of benzene rings is 1. The molecule has 0 aliphatic carbocycles. The van der Waals surface area contributed by atoms with E-state index in [1.54, 1.807) is 13.8 Å². The highest BCUT2D eigenvalue weighted by Crippen LogP contribution is 2.38. The van der Waals surface area contributed by atoms with Crippen LogP contribution in [0.4, 0.5) is 0 Å². The van der Waals surface area contributed by atoms with E-state index in [1.165, 1.54) is 0 Å². The van der Waals surface area contributed by atoms with E-state index in [4.69, 9.17) is 14.2 Å². The van der Waals surface area contributed by atoms with Crippen LogP contribution in [0.2, 0.25) is 0 Å². The van der Waals surface area contributed by atoms with Crippen LogP contribution in [-0.4, -0.2) is 46.4 Å². The first-order valence-electron chi connectivity index (χ1n) is 7.44.